The van der Waals surface area contributed by atoms with E-state index in [1.807, 2.05) is 38.1 Å². The summed E-state index contributed by atoms with van der Waals surface area (Å²) in [5, 5.41) is 6.59. The first-order chi connectivity index (χ1) is 16.2. The van der Waals surface area contributed by atoms with E-state index in [9.17, 15) is 14.4 Å². The third kappa shape index (κ3) is 4.98. The zero-order valence-electron chi connectivity index (χ0n) is 18.3. The third-order valence-corrected chi connectivity index (χ3v) is 5.95. The molecular weight excluding hydrogens is 520 g/mol. The molecule has 34 heavy (non-hydrogen) atoms. The molecule has 0 aliphatic carbocycles. The number of carbonyl (C=O) groups is 3. The fourth-order valence-electron chi connectivity index (χ4n) is 3.57. The van der Waals surface area contributed by atoms with Gasteiger partial charge in [-0.05, 0) is 67.4 Å². The molecule has 0 fully saturated rings. The Bertz CT molecular complexity index is 1430. The van der Waals surface area contributed by atoms with E-state index >= 15 is 0 Å². The molecule has 0 radical (unpaired) electrons. The minimum atomic E-state index is -0.917. The Kier molecular flexibility index (Phi) is 6.72. The Hall–Kier alpha value is -3.62. The largest absolute Gasteiger partial charge is 0.328 e. The lowest BCUT2D eigenvalue weighted by molar-refractivity contribution is -0.133. The summed E-state index contributed by atoms with van der Waals surface area (Å²) in [6.45, 7) is 3.69. The normalized spacial score (nSPS) is 10.7. The highest BCUT2D eigenvalue weighted by Gasteiger charge is 2.22. The maximum atomic E-state index is 13.1. The van der Waals surface area contributed by atoms with Crippen molar-refractivity contribution < 1.29 is 14.4 Å². The van der Waals surface area contributed by atoms with Crippen LogP contribution in [0.15, 0.2) is 71.2 Å². The van der Waals surface area contributed by atoms with Crippen LogP contribution < -0.4 is 16.1 Å². The summed E-state index contributed by atoms with van der Waals surface area (Å²) < 4.78 is 2.10. The van der Waals surface area contributed by atoms with Crippen molar-refractivity contribution in [2.75, 3.05) is 16.1 Å². The predicted molar refractivity (Wildman–Crippen MR) is 138 cm³/mol. The molecule has 1 aromatic heterocycles. The Morgan fingerprint density at radius 2 is 1.56 bits per heavy atom. The van der Waals surface area contributed by atoms with Gasteiger partial charge in [0, 0.05) is 26.3 Å². The van der Waals surface area contributed by atoms with Gasteiger partial charge in [-0.3, -0.25) is 19.8 Å². The van der Waals surface area contributed by atoms with Gasteiger partial charge in [0.05, 0.1) is 5.52 Å². The molecule has 3 amide bonds. The molecule has 0 bridgehead atoms. The number of halogens is 2. The van der Waals surface area contributed by atoms with Crippen molar-refractivity contribution in [1.29, 1.82) is 0 Å². The first-order valence-corrected chi connectivity index (χ1v) is 11.5. The maximum Gasteiger partial charge on any atom is 0.328 e. The highest BCUT2D eigenvalue weighted by Crippen LogP contribution is 2.25. The number of anilines is 2. The summed E-state index contributed by atoms with van der Waals surface area (Å²) in [5.41, 5.74) is 5.97. The van der Waals surface area contributed by atoms with Crippen LogP contribution in [0.3, 0.4) is 0 Å². The molecule has 3 aromatic carbocycles. The van der Waals surface area contributed by atoms with Crippen molar-refractivity contribution >= 4 is 67.5 Å². The molecule has 4 rings (SSSR count). The first kappa shape index (κ1) is 23.5. The smallest absolute Gasteiger partial charge is 0.321 e. The van der Waals surface area contributed by atoms with Crippen molar-refractivity contribution in [3.05, 3.63) is 93.0 Å². The van der Waals surface area contributed by atoms with Crippen molar-refractivity contribution in [1.82, 2.24) is 4.68 Å². The summed E-state index contributed by atoms with van der Waals surface area (Å²) in [7, 11) is 0. The zero-order chi connectivity index (χ0) is 24.4. The van der Waals surface area contributed by atoms with Crippen LogP contribution >= 0.6 is 27.5 Å². The molecule has 0 atom stereocenters. The summed E-state index contributed by atoms with van der Waals surface area (Å²) in [4.78, 5) is 38.6. The molecule has 4 aromatic rings. The van der Waals surface area contributed by atoms with E-state index in [0.29, 0.717) is 27.3 Å². The van der Waals surface area contributed by atoms with Crippen molar-refractivity contribution in [2.24, 2.45) is 0 Å². The van der Waals surface area contributed by atoms with Gasteiger partial charge in [-0.25, -0.2) is 4.68 Å². The second-order valence-corrected chi connectivity index (χ2v) is 9.05. The van der Waals surface area contributed by atoms with Crippen LogP contribution in [-0.2, 0) is 9.59 Å². The third-order valence-electron chi connectivity index (χ3n) is 5.22. The van der Waals surface area contributed by atoms with Crippen LogP contribution in [0.5, 0.6) is 0 Å². The lowest BCUT2D eigenvalue weighted by Gasteiger charge is -2.14. The van der Waals surface area contributed by atoms with Gasteiger partial charge in [0.2, 0.25) is 0 Å². The van der Waals surface area contributed by atoms with Crippen molar-refractivity contribution in [2.45, 2.75) is 13.8 Å². The van der Waals surface area contributed by atoms with E-state index in [0.717, 1.165) is 15.6 Å². The van der Waals surface area contributed by atoms with Gasteiger partial charge in [-0.2, -0.15) is 0 Å². The number of nitrogens with zero attached hydrogens (tertiary/aromatic N) is 1. The van der Waals surface area contributed by atoms with E-state index in [4.69, 9.17) is 11.6 Å². The van der Waals surface area contributed by atoms with Crippen LogP contribution in [0.1, 0.15) is 21.6 Å². The van der Waals surface area contributed by atoms with Gasteiger partial charge >= 0.3 is 11.8 Å². The molecule has 0 spiro atoms. The fourth-order valence-corrected chi connectivity index (χ4v) is 4.14. The molecule has 0 unspecified atom stereocenters. The Labute approximate surface area is 209 Å². The van der Waals surface area contributed by atoms with E-state index < -0.39 is 17.7 Å². The van der Waals surface area contributed by atoms with Crippen molar-refractivity contribution in [3.8, 4) is 0 Å². The molecule has 0 saturated carbocycles. The van der Waals surface area contributed by atoms with Crippen LogP contribution in [-0.4, -0.2) is 22.4 Å². The molecule has 7 nitrogen and oxygen atoms in total. The maximum absolute atomic E-state index is 13.1. The molecule has 0 saturated heterocycles. The number of hydrogen-bond donors (Lipinski definition) is 3. The second kappa shape index (κ2) is 9.70. The lowest BCUT2D eigenvalue weighted by Crippen LogP contribution is -2.36. The van der Waals surface area contributed by atoms with Crippen LogP contribution in [0.2, 0.25) is 5.02 Å². The quantitative estimate of drug-likeness (QED) is 0.293. The van der Waals surface area contributed by atoms with Gasteiger partial charge < -0.3 is 10.6 Å². The van der Waals surface area contributed by atoms with E-state index in [1.165, 1.54) is 4.68 Å². The second-order valence-electron chi connectivity index (χ2n) is 7.69. The summed E-state index contributed by atoms with van der Waals surface area (Å²) >= 11 is 9.43. The Balaban J connectivity index is 1.65. The molecule has 172 valence electrons. The minimum Gasteiger partial charge on any atom is -0.321 e. The van der Waals surface area contributed by atoms with E-state index in [-0.39, 0.29) is 5.69 Å². The number of hydrogen-bond acceptors (Lipinski definition) is 3. The Morgan fingerprint density at radius 1 is 0.853 bits per heavy atom. The number of aromatic nitrogens is 1. The van der Waals surface area contributed by atoms with Gasteiger partial charge in [0.1, 0.15) is 5.69 Å². The summed E-state index contributed by atoms with van der Waals surface area (Å²) in [5.74, 6) is -2.25. The lowest BCUT2D eigenvalue weighted by atomic mass is 10.1. The van der Waals surface area contributed by atoms with Gasteiger partial charge in [0.15, 0.2) is 0 Å². The van der Waals surface area contributed by atoms with E-state index in [1.54, 1.807) is 42.5 Å². The van der Waals surface area contributed by atoms with Crippen LogP contribution in [0.4, 0.5) is 11.4 Å². The fraction of sp³-hybridized carbons (Fsp3) is 0.0800. The molecular formula is C25H20BrClN4O3. The standard InChI is InChI=1S/C25H20BrClN4O3/c1-14-5-3-6-15(2)22(14)29-24(33)25(34)30-31-20-10-9-17(26)11-16(20)12-21(31)23(32)28-19-8-4-7-18(27)13-19/h3-13H,1-2H3,(H,28,32)(H,29,33)(H,30,34). The number of para-hydroxylation sites is 1. The van der Waals surface area contributed by atoms with Crippen LogP contribution in [0, 0.1) is 13.8 Å². The predicted octanol–water partition coefficient (Wildman–Crippen LogP) is 5.64. The van der Waals surface area contributed by atoms with Gasteiger partial charge in [-0.1, -0.05) is 51.8 Å². The average molecular weight is 540 g/mol. The highest BCUT2D eigenvalue weighted by atomic mass is 79.9. The number of carbonyl (C=O) groups excluding carboxylic acids is 3. The Morgan fingerprint density at radius 3 is 2.26 bits per heavy atom. The number of aryl methyl sites for hydroxylation is 2. The van der Waals surface area contributed by atoms with Crippen LogP contribution in [0.25, 0.3) is 10.9 Å². The number of nitrogens with one attached hydrogen (secondary N) is 3. The monoisotopic (exact) mass is 538 g/mol. The van der Waals surface area contributed by atoms with Gasteiger partial charge in [0.25, 0.3) is 5.91 Å². The zero-order valence-corrected chi connectivity index (χ0v) is 20.6. The minimum absolute atomic E-state index is 0.140. The number of fused-ring (bicyclic) bond motifs is 1. The SMILES string of the molecule is Cc1cccc(C)c1NC(=O)C(=O)Nn1c(C(=O)Nc2cccc(Cl)c2)cc2cc(Br)ccc21. The molecule has 1 heterocycles. The van der Waals surface area contributed by atoms with Gasteiger partial charge in [-0.15, -0.1) is 0 Å². The number of benzene rings is 3. The summed E-state index contributed by atoms with van der Waals surface area (Å²) in [6, 6.07) is 19.2. The number of amides is 3. The van der Waals surface area contributed by atoms with E-state index in [2.05, 4.69) is 32.0 Å². The molecule has 9 heteroatoms. The topological polar surface area (TPSA) is 92.2 Å². The summed E-state index contributed by atoms with van der Waals surface area (Å²) in [6.07, 6.45) is 0. The van der Waals surface area contributed by atoms with Crippen molar-refractivity contribution in [3.63, 3.8) is 0 Å². The highest BCUT2D eigenvalue weighted by molar-refractivity contribution is 9.10. The average Bonchev–Trinajstić information content (AvgIpc) is 3.13. The molecule has 3 N–H and O–H groups in total. The molecule has 0 aliphatic heterocycles. The first-order valence-electron chi connectivity index (χ1n) is 10.3. The number of rotatable bonds is 4. The molecule has 0 aliphatic rings.